The largest absolute Gasteiger partial charge is 0.480 e. The van der Waals surface area contributed by atoms with E-state index in [0.717, 1.165) is 19.3 Å². The van der Waals surface area contributed by atoms with E-state index in [0.29, 0.717) is 38.0 Å². The molecule has 14 heteroatoms. The second kappa shape index (κ2) is 19.4. The molecule has 0 saturated carbocycles. The third-order valence-corrected chi connectivity index (χ3v) is 8.22. The predicted molar refractivity (Wildman–Crippen MR) is 154 cm³/mol. The summed E-state index contributed by atoms with van der Waals surface area (Å²) in [6, 6.07) is -2.72. The molecule has 0 spiro atoms. The molecular weight excluding hydrogens is 554 g/mol. The molecule has 0 aromatic carbocycles. The normalized spacial score (nSPS) is 18.0. The fourth-order valence-electron chi connectivity index (χ4n) is 4.61. The minimum absolute atomic E-state index is 0.0910. The molecule has 1 fully saturated rings. The molecule has 0 aromatic heterocycles. The molecule has 1 aliphatic rings. The van der Waals surface area contributed by atoms with E-state index in [-0.39, 0.29) is 30.3 Å². The van der Waals surface area contributed by atoms with E-state index in [4.69, 9.17) is 5.21 Å². The van der Waals surface area contributed by atoms with E-state index in [1.165, 1.54) is 23.7 Å². The van der Waals surface area contributed by atoms with Crippen molar-refractivity contribution in [1.82, 2.24) is 26.5 Å². The van der Waals surface area contributed by atoms with E-state index in [9.17, 15) is 33.9 Å². The van der Waals surface area contributed by atoms with Crippen LogP contribution in [0, 0.1) is 11.8 Å². The number of hydrogen-bond donors (Lipinski definition) is 6. The summed E-state index contributed by atoms with van der Waals surface area (Å²) < 4.78 is 0. The van der Waals surface area contributed by atoms with Crippen LogP contribution < -0.4 is 21.5 Å². The quantitative estimate of drug-likeness (QED) is 0.0715. The highest BCUT2D eigenvalue weighted by atomic mass is 32.2. The number of nitrogens with zero attached hydrogens (tertiary/aromatic N) is 1. The molecule has 1 rings (SSSR count). The lowest BCUT2D eigenvalue weighted by atomic mass is 9.92. The minimum atomic E-state index is -1.16. The average molecular weight is 602 g/mol. The minimum Gasteiger partial charge on any atom is -0.480 e. The van der Waals surface area contributed by atoms with Gasteiger partial charge in [-0.25, -0.2) is 15.7 Å². The van der Waals surface area contributed by atoms with Crippen LogP contribution in [0.1, 0.15) is 85.5 Å². The van der Waals surface area contributed by atoms with Crippen molar-refractivity contribution in [3.8, 4) is 0 Å². The first-order valence-electron chi connectivity index (χ1n) is 14.4. The Morgan fingerprint density at radius 1 is 1.10 bits per heavy atom. The Bertz CT molecular complexity index is 905. The van der Waals surface area contributed by atoms with Crippen LogP contribution in [0.4, 0.5) is 0 Å². The van der Waals surface area contributed by atoms with Crippen LogP contribution >= 0.6 is 11.8 Å². The molecule has 5 atom stereocenters. The van der Waals surface area contributed by atoms with Crippen molar-refractivity contribution in [3.63, 3.8) is 0 Å². The van der Waals surface area contributed by atoms with Crippen LogP contribution in [0.5, 0.6) is 0 Å². The van der Waals surface area contributed by atoms with Gasteiger partial charge in [-0.2, -0.15) is 11.8 Å². The number of carboxylic acids is 1. The molecule has 234 valence electrons. The van der Waals surface area contributed by atoms with E-state index >= 15 is 0 Å². The van der Waals surface area contributed by atoms with Gasteiger partial charge in [0.05, 0.1) is 6.04 Å². The van der Waals surface area contributed by atoms with Gasteiger partial charge in [0.15, 0.2) is 5.78 Å². The zero-order chi connectivity index (χ0) is 30.9. The number of rotatable bonds is 19. The molecule has 6 N–H and O–H groups in total. The number of hydrogen-bond acceptors (Lipinski definition) is 9. The SMILES string of the molecule is CCCCC[C@@H](CC(=O)NO)C(=O)N1NCCC[C@H]1C(=O)N[C@H](C(=O)CCSC[C@@H](NC(C)=O)C(=O)O)[C@H](C)CC. The van der Waals surface area contributed by atoms with Crippen molar-refractivity contribution in [2.75, 3.05) is 18.1 Å². The van der Waals surface area contributed by atoms with E-state index < -0.39 is 53.6 Å². The van der Waals surface area contributed by atoms with Crippen LogP contribution in [-0.2, 0) is 28.8 Å². The van der Waals surface area contributed by atoms with Gasteiger partial charge in [0, 0.05) is 43.7 Å². The van der Waals surface area contributed by atoms with Crippen LogP contribution in [0.2, 0.25) is 0 Å². The number of aliphatic carboxylic acids is 1. The van der Waals surface area contributed by atoms with Crippen LogP contribution in [0.3, 0.4) is 0 Å². The highest BCUT2D eigenvalue weighted by Crippen LogP contribution is 2.22. The Balaban J connectivity index is 2.92. The lowest BCUT2D eigenvalue weighted by Gasteiger charge is -2.38. The van der Waals surface area contributed by atoms with Gasteiger partial charge in [0.1, 0.15) is 12.1 Å². The number of carbonyl (C=O) groups excluding carboxylic acids is 5. The maximum Gasteiger partial charge on any atom is 0.327 e. The molecule has 0 unspecified atom stereocenters. The Labute approximate surface area is 246 Å². The molecule has 0 bridgehead atoms. The third-order valence-electron chi connectivity index (χ3n) is 7.16. The van der Waals surface area contributed by atoms with Crippen molar-refractivity contribution in [2.45, 2.75) is 104 Å². The highest BCUT2D eigenvalue weighted by molar-refractivity contribution is 7.99. The summed E-state index contributed by atoms with van der Waals surface area (Å²) in [7, 11) is 0. The van der Waals surface area contributed by atoms with E-state index in [1.807, 2.05) is 20.8 Å². The molecule has 0 aromatic rings. The number of unbranched alkanes of at least 4 members (excludes halogenated alkanes) is 2. The van der Waals surface area contributed by atoms with Gasteiger partial charge in [-0.3, -0.25) is 34.2 Å². The molecule has 41 heavy (non-hydrogen) atoms. The number of nitrogens with one attached hydrogen (secondary N) is 4. The summed E-state index contributed by atoms with van der Waals surface area (Å²) >= 11 is 1.22. The molecule has 1 saturated heterocycles. The van der Waals surface area contributed by atoms with Crippen molar-refractivity contribution >= 4 is 47.1 Å². The number of carbonyl (C=O) groups is 6. The molecule has 0 radical (unpaired) electrons. The topological polar surface area (TPSA) is 194 Å². The van der Waals surface area contributed by atoms with Gasteiger partial charge in [-0.15, -0.1) is 0 Å². The zero-order valence-corrected chi connectivity index (χ0v) is 25.4. The summed E-state index contributed by atoms with van der Waals surface area (Å²) in [4.78, 5) is 74.6. The summed E-state index contributed by atoms with van der Waals surface area (Å²) in [5, 5.41) is 24.7. The summed E-state index contributed by atoms with van der Waals surface area (Å²) in [5.41, 5.74) is 4.58. The maximum absolute atomic E-state index is 13.5. The number of Topliss-reactive ketones (excluding diaryl/α,β-unsaturated/α-hetero) is 1. The molecule has 0 aliphatic carbocycles. The summed E-state index contributed by atoms with van der Waals surface area (Å²) in [6.07, 6.45) is 4.49. The van der Waals surface area contributed by atoms with Gasteiger partial charge in [-0.1, -0.05) is 46.5 Å². The zero-order valence-electron chi connectivity index (χ0n) is 24.6. The smallest absolute Gasteiger partial charge is 0.327 e. The van der Waals surface area contributed by atoms with Crippen LogP contribution in [0.25, 0.3) is 0 Å². The number of thioether (sulfide) groups is 1. The Morgan fingerprint density at radius 3 is 2.39 bits per heavy atom. The third kappa shape index (κ3) is 12.8. The summed E-state index contributed by atoms with van der Waals surface area (Å²) in [5.74, 6) is -3.85. The Hall–Kier alpha value is -2.71. The van der Waals surface area contributed by atoms with Crippen molar-refractivity contribution in [1.29, 1.82) is 0 Å². The van der Waals surface area contributed by atoms with Gasteiger partial charge < -0.3 is 15.7 Å². The number of hydrazine groups is 1. The molecule has 13 nitrogen and oxygen atoms in total. The lowest BCUT2D eigenvalue weighted by Crippen LogP contribution is -2.62. The van der Waals surface area contributed by atoms with E-state index in [2.05, 4.69) is 16.1 Å². The molecule has 1 aliphatic heterocycles. The molecular formula is C27H47N5O8S. The lowest BCUT2D eigenvalue weighted by molar-refractivity contribution is -0.152. The number of amides is 4. The molecule has 4 amide bonds. The monoisotopic (exact) mass is 601 g/mol. The number of hydroxylamine groups is 1. The standard InChI is InChI=1S/C27H47N5O8S/c1-5-7-8-10-19(15-23(35)31-40)26(37)32-21(11-9-13-28-32)25(36)30-24(17(3)6-2)22(34)12-14-41-16-20(27(38)39)29-18(4)33/h17,19-21,24,28,40H,5-16H2,1-4H3,(H,29,33)(H,30,36)(H,31,35)(H,38,39)/t17-,19+,20-,21+,24+/m1/s1. The first-order valence-corrected chi connectivity index (χ1v) is 15.5. The van der Waals surface area contributed by atoms with Crippen molar-refractivity contribution in [2.24, 2.45) is 11.8 Å². The van der Waals surface area contributed by atoms with Crippen LogP contribution in [0.15, 0.2) is 0 Å². The molecule has 1 heterocycles. The van der Waals surface area contributed by atoms with Crippen LogP contribution in [-0.4, -0.2) is 86.9 Å². The number of carboxylic acid groups (broad SMARTS) is 1. The second-order valence-electron chi connectivity index (χ2n) is 10.5. The van der Waals surface area contributed by atoms with Gasteiger partial charge in [0.25, 0.3) is 0 Å². The van der Waals surface area contributed by atoms with Crippen molar-refractivity contribution in [3.05, 3.63) is 0 Å². The average Bonchev–Trinajstić information content (AvgIpc) is 2.95. The van der Waals surface area contributed by atoms with Gasteiger partial charge in [0.2, 0.25) is 23.6 Å². The number of ketones is 1. The second-order valence-corrected chi connectivity index (χ2v) is 11.6. The fraction of sp³-hybridized carbons (Fsp3) is 0.778. The first-order chi connectivity index (χ1) is 19.5. The predicted octanol–water partition coefficient (Wildman–Crippen LogP) is 1.39. The maximum atomic E-state index is 13.5. The summed E-state index contributed by atoms with van der Waals surface area (Å²) in [6.45, 7) is 7.49. The van der Waals surface area contributed by atoms with E-state index in [1.54, 1.807) is 5.48 Å². The first kappa shape index (κ1) is 36.3. The van der Waals surface area contributed by atoms with Crippen molar-refractivity contribution < 1.29 is 39.1 Å². The highest BCUT2D eigenvalue weighted by Gasteiger charge is 2.38. The van der Waals surface area contributed by atoms with Gasteiger partial charge >= 0.3 is 5.97 Å². The Kier molecular flexibility index (Phi) is 17.2. The fourth-order valence-corrected chi connectivity index (χ4v) is 5.58. The Morgan fingerprint density at radius 2 is 1.80 bits per heavy atom. The van der Waals surface area contributed by atoms with Gasteiger partial charge in [-0.05, 0) is 25.2 Å².